The van der Waals surface area contributed by atoms with Crippen LogP contribution < -0.4 is 10.2 Å². The van der Waals surface area contributed by atoms with Crippen LogP contribution in [0.1, 0.15) is 19.8 Å². The van der Waals surface area contributed by atoms with Gasteiger partial charge in [-0.15, -0.1) is 0 Å². The summed E-state index contributed by atoms with van der Waals surface area (Å²) in [6.07, 6.45) is 0.540. The summed E-state index contributed by atoms with van der Waals surface area (Å²) < 4.78 is 5.03. The van der Waals surface area contributed by atoms with Crippen molar-refractivity contribution in [3.05, 3.63) is 24.3 Å². The molecule has 0 unspecified atom stereocenters. The number of nitrogens with one attached hydrogen (secondary N) is 1. The third-order valence-electron chi connectivity index (χ3n) is 2.17. The predicted octanol–water partition coefficient (Wildman–Crippen LogP) is 2.35. The molecule has 0 fully saturated rings. The number of aliphatic carboxylic acids is 1. The van der Waals surface area contributed by atoms with Crippen LogP contribution in [-0.2, 0) is 4.79 Å². The van der Waals surface area contributed by atoms with Gasteiger partial charge in [0.2, 0.25) is 0 Å². The number of hydrazone groups is 1. The summed E-state index contributed by atoms with van der Waals surface area (Å²) in [6, 6.07) is 7.33. The number of carboxylic acid groups (broad SMARTS) is 1. The number of rotatable bonds is 6. The van der Waals surface area contributed by atoms with Crippen LogP contribution in [0.2, 0.25) is 0 Å². The minimum Gasteiger partial charge on any atom is -0.497 e. The molecule has 5 nitrogen and oxygen atoms in total. The quantitative estimate of drug-likeness (QED) is 0.587. The Morgan fingerprint density at radius 1 is 1.35 bits per heavy atom. The summed E-state index contributed by atoms with van der Waals surface area (Å²) in [5, 5.41) is 12.6. The molecule has 0 aliphatic rings. The average Bonchev–Trinajstić information content (AvgIpc) is 2.34. The predicted molar refractivity (Wildman–Crippen MR) is 66.6 cm³/mol. The Bertz CT molecular complexity index is 399. The van der Waals surface area contributed by atoms with E-state index in [1.165, 1.54) is 0 Å². The zero-order valence-electron chi connectivity index (χ0n) is 9.93. The molecule has 0 saturated carbocycles. The lowest BCUT2D eigenvalue weighted by Gasteiger charge is -2.04. The van der Waals surface area contributed by atoms with Gasteiger partial charge in [-0.25, -0.2) is 0 Å². The number of carboxylic acids is 1. The Morgan fingerprint density at radius 3 is 2.53 bits per heavy atom. The Morgan fingerprint density at radius 2 is 2.00 bits per heavy atom. The Labute approximate surface area is 100 Å². The van der Waals surface area contributed by atoms with Gasteiger partial charge in [-0.05, 0) is 37.6 Å². The van der Waals surface area contributed by atoms with Crippen molar-refractivity contribution in [3.63, 3.8) is 0 Å². The largest absolute Gasteiger partial charge is 0.497 e. The van der Waals surface area contributed by atoms with Gasteiger partial charge in [0, 0.05) is 5.71 Å². The smallest absolute Gasteiger partial charge is 0.303 e. The molecule has 2 N–H and O–H groups in total. The normalized spacial score (nSPS) is 11.1. The van der Waals surface area contributed by atoms with E-state index in [4.69, 9.17) is 9.84 Å². The summed E-state index contributed by atoms with van der Waals surface area (Å²) in [7, 11) is 1.61. The van der Waals surface area contributed by atoms with Crippen LogP contribution in [0.25, 0.3) is 0 Å². The molecule has 0 bridgehead atoms. The second-order valence-electron chi connectivity index (χ2n) is 3.58. The lowest BCUT2D eigenvalue weighted by molar-refractivity contribution is -0.136. The highest BCUT2D eigenvalue weighted by molar-refractivity contribution is 5.85. The fourth-order valence-electron chi connectivity index (χ4n) is 1.17. The standard InChI is InChI=1S/C12H16N2O3/c1-9(3-8-12(15)16)13-14-10-4-6-11(17-2)7-5-10/h4-7,14H,3,8H2,1-2H3,(H,15,16). The summed E-state index contributed by atoms with van der Waals surface area (Å²) in [5.74, 6) is -0.0360. The number of benzene rings is 1. The van der Waals surface area contributed by atoms with Crippen molar-refractivity contribution in [2.24, 2.45) is 5.10 Å². The third kappa shape index (κ3) is 5.01. The van der Waals surface area contributed by atoms with Gasteiger partial charge in [0.1, 0.15) is 5.75 Å². The molecule has 0 heterocycles. The van der Waals surface area contributed by atoms with Crippen molar-refractivity contribution in [2.75, 3.05) is 12.5 Å². The fraction of sp³-hybridized carbons (Fsp3) is 0.333. The first kappa shape index (κ1) is 13.0. The van der Waals surface area contributed by atoms with Crippen LogP contribution >= 0.6 is 0 Å². The number of anilines is 1. The maximum atomic E-state index is 10.4. The number of methoxy groups -OCH3 is 1. The van der Waals surface area contributed by atoms with Crippen LogP contribution in [0.4, 0.5) is 5.69 Å². The Balaban J connectivity index is 2.47. The molecule has 5 heteroatoms. The van der Waals surface area contributed by atoms with E-state index < -0.39 is 5.97 Å². The minimum absolute atomic E-state index is 0.0969. The van der Waals surface area contributed by atoms with Gasteiger partial charge in [-0.3, -0.25) is 10.2 Å². The third-order valence-corrected chi connectivity index (χ3v) is 2.17. The molecule has 0 aliphatic heterocycles. The molecule has 17 heavy (non-hydrogen) atoms. The van der Waals surface area contributed by atoms with E-state index in [1.54, 1.807) is 14.0 Å². The van der Waals surface area contributed by atoms with Gasteiger partial charge in [0.25, 0.3) is 0 Å². The Kier molecular flexibility index (Phi) is 5.00. The Hall–Kier alpha value is -2.04. The average molecular weight is 236 g/mol. The SMILES string of the molecule is COc1ccc(NN=C(C)CCC(=O)O)cc1. The number of hydrogen-bond acceptors (Lipinski definition) is 4. The zero-order valence-corrected chi connectivity index (χ0v) is 9.93. The van der Waals surface area contributed by atoms with E-state index in [1.807, 2.05) is 24.3 Å². The number of nitrogens with zero attached hydrogens (tertiary/aromatic N) is 1. The van der Waals surface area contributed by atoms with Crippen molar-refractivity contribution in [1.29, 1.82) is 0 Å². The summed E-state index contributed by atoms with van der Waals surface area (Å²) in [6.45, 7) is 1.79. The second kappa shape index (κ2) is 6.52. The van der Waals surface area contributed by atoms with Crippen LogP contribution in [-0.4, -0.2) is 23.9 Å². The second-order valence-corrected chi connectivity index (χ2v) is 3.58. The first-order valence-corrected chi connectivity index (χ1v) is 5.27. The minimum atomic E-state index is -0.816. The van der Waals surface area contributed by atoms with Gasteiger partial charge in [0.05, 0.1) is 19.2 Å². The van der Waals surface area contributed by atoms with Crippen molar-refractivity contribution in [2.45, 2.75) is 19.8 Å². The molecule has 0 saturated heterocycles. The van der Waals surface area contributed by atoms with Gasteiger partial charge < -0.3 is 9.84 Å². The zero-order chi connectivity index (χ0) is 12.7. The molecular formula is C12H16N2O3. The lowest BCUT2D eigenvalue weighted by atomic mass is 10.2. The van der Waals surface area contributed by atoms with E-state index in [2.05, 4.69) is 10.5 Å². The van der Waals surface area contributed by atoms with Crippen LogP contribution in [0.5, 0.6) is 5.75 Å². The fourth-order valence-corrected chi connectivity index (χ4v) is 1.17. The molecule has 1 aromatic rings. The molecule has 0 aromatic heterocycles. The molecule has 1 rings (SSSR count). The molecule has 92 valence electrons. The monoisotopic (exact) mass is 236 g/mol. The molecule has 0 amide bonds. The summed E-state index contributed by atoms with van der Waals surface area (Å²) in [5.41, 5.74) is 4.45. The highest BCUT2D eigenvalue weighted by atomic mass is 16.5. The molecular weight excluding hydrogens is 220 g/mol. The van der Waals surface area contributed by atoms with E-state index in [9.17, 15) is 4.79 Å². The molecule has 0 radical (unpaired) electrons. The van der Waals surface area contributed by atoms with Gasteiger partial charge in [0.15, 0.2) is 0 Å². The van der Waals surface area contributed by atoms with Crippen LogP contribution in [0.15, 0.2) is 29.4 Å². The summed E-state index contributed by atoms with van der Waals surface area (Å²) >= 11 is 0. The van der Waals surface area contributed by atoms with Crippen molar-refractivity contribution < 1.29 is 14.6 Å². The molecule has 0 atom stereocenters. The van der Waals surface area contributed by atoms with E-state index in [-0.39, 0.29) is 6.42 Å². The van der Waals surface area contributed by atoms with Crippen molar-refractivity contribution in [1.82, 2.24) is 0 Å². The topological polar surface area (TPSA) is 70.9 Å². The first-order valence-electron chi connectivity index (χ1n) is 5.27. The number of ether oxygens (including phenoxy) is 1. The van der Waals surface area contributed by atoms with Crippen LogP contribution in [0.3, 0.4) is 0 Å². The summed E-state index contributed by atoms with van der Waals surface area (Å²) in [4.78, 5) is 10.4. The lowest BCUT2D eigenvalue weighted by Crippen LogP contribution is -2.02. The van der Waals surface area contributed by atoms with Crippen molar-refractivity contribution >= 4 is 17.4 Å². The van der Waals surface area contributed by atoms with E-state index >= 15 is 0 Å². The first-order chi connectivity index (χ1) is 8.11. The molecule has 0 aliphatic carbocycles. The van der Waals surface area contributed by atoms with Gasteiger partial charge in [-0.2, -0.15) is 5.10 Å². The molecule has 1 aromatic carbocycles. The van der Waals surface area contributed by atoms with Gasteiger partial charge in [-0.1, -0.05) is 0 Å². The number of hydrogen-bond donors (Lipinski definition) is 2. The highest BCUT2D eigenvalue weighted by Crippen LogP contribution is 2.14. The van der Waals surface area contributed by atoms with E-state index in [0.717, 1.165) is 17.1 Å². The maximum absolute atomic E-state index is 10.4. The van der Waals surface area contributed by atoms with Crippen LogP contribution in [0, 0.1) is 0 Å². The number of carbonyl (C=O) groups is 1. The highest BCUT2D eigenvalue weighted by Gasteiger charge is 1.99. The molecule has 0 spiro atoms. The van der Waals surface area contributed by atoms with Crippen molar-refractivity contribution in [3.8, 4) is 5.75 Å². The maximum Gasteiger partial charge on any atom is 0.303 e. The van der Waals surface area contributed by atoms with E-state index in [0.29, 0.717) is 6.42 Å². The van der Waals surface area contributed by atoms with Gasteiger partial charge >= 0.3 is 5.97 Å².